The second kappa shape index (κ2) is 6.66. The molecule has 122 valence electrons. The van der Waals surface area contributed by atoms with Gasteiger partial charge in [-0.15, -0.1) is 0 Å². The highest BCUT2D eigenvalue weighted by molar-refractivity contribution is 5.43. The fourth-order valence-corrected chi connectivity index (χ4v) is 4.30. The summed E-state index contributed by atoms with van der Waals surface area (Å²) in [5, 5.41) is 19.3. The number of phenolic OH excluding ortho intramolecular Hbond substituents is 2. The molecule has 23 heavy (non-hydrogen) atoms. The van der Waals surface area contributed by atoms with Gasteiger partial charge in [0.05, 0.1) is 0 Å². The molecule has 0 heterocycles. The molecule has 1 unspecified atom stereocenters. The Balaban J connectivity index is 2.05. The highest BCUT2D eigenvalue weighted by atomic mass is 16.3. The summed E-state index contributed by atoms with van der Waals surface area (Å²) in [5.74, 6) is 1.38. The number of rotatable bonds is 4. The van der Waals surface area contributed by atoms with Crippen molar-refractivity contribution in [2.45, 2.75) is 50.9 Å². The second-order valence-corrected chi connectivity index (χ2v) is 6.93. The molecule has 0 bridgehead atoms. The first-order chi connectivity index (χ1) is 11.1. The summed E-state index contributed by atoms with van der Waals surface area (Å²) in [6.07, 6.45) is 7.32. The van der Waals surface area contributed by atoms with Crippen LogP contribution in [-0.2, 0) is 5.41 Å². The van der Waals surface area contributed by atoms with Gasteiger partial charge in [0.2, 0.25) is 0 Å². The van der Waals surface area contributed by atoms with Gasteiger partial charge in [-0.05, 0) is 54.2 Å². The number of hydrogen-bond acceptors (Lipinski definition) is 2. The predicted octanol–water partition coefficient (Wildman–Crippen LogP) is 5.37. The number of aromatic hydroxyl groups is 2. The average molecular weight is 310 g/mol. The van der Waals surface area contributed by atoms with Gasteiger partial charge in [-0.25, -0.2) is 0 Å². The van der Waals surface area contributed by atoms with Gasteiger partial charge in [0.25, 0.3) is 0 Å². The largest absolute Gasteiger partial charge is 0.508 e. The van der Waals surface area contributed by atoms with Crippen LogP contribution >= 0.6 is 0 Å². The van der Waals surface area contributed by atoms with Gasteiger partial charge in [-0.3, -0.25) is 0 Å². The lowest BCUT2D eigenvalue weighted by Gasteiger charge is -2.42. The molecule has 1 aliphatic rings. The first-order valence-corrected chi connectivity index (χ1v) is 8.73. The Bertz CT molecular complexity index is 580. The van der Waals surface area contributed by atoms with Crippen molar-refractivity contribution in [1.82, 2.24) is 0 Å². The van der Waals surface area contributed by atoms with Crippen LogP contribution in [0.1, 0.15) is 56.6 Å². The fraction of sp³-hybridized carbons (Fsp3) is 0.429. The zero-order valence-corrected chi connectivity index (χ0v) is 13.8. The topological polar surface area (TPSA) is 40.5 Å². The SMILES string of the molecule is CCCC1CCCC(c2ccc(O)cc2)(c2ccc(O)cc2)C1. The third-order valence-corrected chi connectivity index (χ3v) is 5.39. The zero-order valence-electron chi connectivity index (χ0n) is 13.8. The first kappa shape index (κ1) is 15.9. The van der Waals surface area contributed by atoms with Gasteiger partial charge in [0.15, 0.2) is 0 Å². The maximum atomic E-state index is 9.65. The minimum absolute atomic E-state index is 0.000509. The van der Waals surface area contributed by atoms with E-state index in [0.717, 1.165) is 18.8 Å². The lowest BCUT2D eigenvalue weighted by Crippen LogP contribution is -2.34. The van der Waals surface area contributed by atoms with Crippen LogP contribution in [0.2, 0.25) is 0 Å². The predicted molar refractivity (Wildman–Crippen MR) is 93.9 cm³/mol. The molecule has 0 aliphatic heterocycles. The molecule has 0 saturated heterocycles. The van der Waals surface area contributed by atoms with Crippen LogP contribution < -0.4 is 0 Å². The van der Waals surface area contributed by atoms with Gasteiger partial charge in [-0.2, -0.15) is 0 Å². The number of benzene rings is 2. The maximum Gasteiger partial charge on any atom is 0.115 e. The van der Waals surface area contributed by atoms with Gasteiger partial charge in [0.1, 0.15) is 11.5 Å². The Morgan fingerprint density at radius 3 is 1.91 bits per heavy atom. The molecule has 0 spiro atoms. The Kier molecular flexibility index (Phi) is 4.61. The lowest BCUT2D eigenvalue weighted by molar-refractivity contribution is 0.244. The van der Waals surface area contributed by atoms with Crippen molar-refractivity contribution < 1.29 is 10.2 Å². The first-order valence-electron chi connectivity index (χ1n) is 8.73. The summed E-state index contributed by atoms with van der Waals surface area (Å²) in [6.45, 7) is 2.26. The Morgan fingerprint density at radius 2 is 1.43 bits per heavy atom. The lowest BCUT2D eigenvalue weighted by atomic mass is 9.62. The average Bonchev–Trinajstić information content (AvgIpc) is 2.56. The summed E-state index contributed by atoms with van der Waals surface area (Å²) < 4.78 is 0. The van der Waals surface area contributed by atoms with E-state index in [2.05, 4.69) is 31.2 Å². The van der Waals surface area contributed by atoms with E-state index in [1.54, 1.807) is 24.3 Å². The van der Waals surface area contributed by atoms with Gasteiger partial charge in [-0.1, -0.05) is 56.9 Å². The molecule has 1 fully saturated rings. The molecule has 0 aromatic heterocycles. The molecule has 2 aromatic rings. The van der Waals surface area contributed by atoms with Crippen molar-refractivity contribution in [1.29, 1.82) is 0 Å². The van der Waals surface area contributed by atoms with Crippen LogP contribution in [0, 0.1) is 5.92 Å². The van der Waals surface area contributed by atoms with Crippen molar-refractivity contribution in [3.8, 4) is 11.5 Å². The van der Waals surface area contributed by atoms with E-state index in [9.17, 15) is 10.2 Å². The van der Waals surface area contributed by atoms with Crippen LogP contribution in [0.15, 0.2) is 48.5 Å². The number of hydrogen-bond donors (Lipinski definition) is 2. The summed E-state index contributed by atoms with van der Waals surface area (Å²) in [4.78, 5) is 0. The molecule has 0 amide bonds. The van der Waals surface area contributed by atoms with E-state index in [0.29, 0.717) is 11.5 Å². The summed E-state index contributed by atoms with van der Waals surface area (Å²) >= 11 is 0. The van der Waals surface area contributed by atoms with E-state index in [-0.39, 0.29) is 5.41 Å². The maximum absolute atomic E-state index is 9.65. The van der Waals surface area contributed by atoms with Gasteiger partial charge < -0.3 is 10.2 Å². The molecule has 0 radical (unpaired) electrons. The standard InChI is InChI=1S/C21H26O2/c1-2-4-16-5-3-14-21(15-16,17-6-10-19(22)11-7-17)18-8-12-20(23)13-9-18/h6-13,16,22-23H,2-5,14-15H2,1H3. The summed E-state index contributed by atoms with van der Waals surface area (Å²) in [7, 11) is 0. The molecule has 2 nitrogen and oxygen atoms in total. The summed E-state index contributed by atoms with van der Waals surface area (Å²) in [6, 6.07) is 15.4. The van der Waals surface area contributed by atoms with E-state index >= 15 is 0 Å². The minimum Gasteiger partial charge on any atom is -0.508 e. The van der Waals surface area contributed by atoms with Crippen LogP contribution in [0.25, 0.3) is 0 Å². The highest BCUT2D eigenvalue weighted by Crippen LogP contribution is 2.48. The molecule has 1 atom stereocenters. The minimum atomic E-state index is -0.000509. The fourth-order valence-electron chi connectivity index (χ4n) is 4.30. The van der Waals surface area contributed by atoms with Crippen LogP contribution in [0.5, 0.6) is 11.5 Å². The zero-order chi connectivity index (χ0) is 16.3. The Hall–Kier alpha value is -1.96. The van der Waals surface area contributed by atoms with Crippen LogP contribution in [0.3, 0.4) is 0 Å². The molecule has 2 aromatic carbocycles. The highest BCUT2D eigenvalue weighted by Gasteiger charge is 2.39. The molecule has 2 heteroatoms. The van der Waals surface area contributed by atoms with Crippen molar-refractivity contribution in [3.63, 3.8) is 0 Å². The molecule has 2 N–H and O–H groups in total. The third kappa shape index (κ3) is 3.21. The van der Waals surface area contributed by atoms with Crippen molar-refractivity contribution in [3.05, 3.63) is 59.7 Å². The van der Waals surface area contributed by atoms with Crippen molar-refractivity contribution >= 4 is 0 Å². The Labute approximate surface area is 138 Å². The smallest absolute Gasteiger partial charge is 0.115 e. The van der Waals surface area contributed by atoms with E-state index in [4.69, 9.17) is 0 Å². The number of phenols is 2. The van der Waals surface area contributed by atoms with Crippen molar-refractivity contribution in [2.24, 2.45) is 5.92 Å². The second-order valence-electron chi connectivity index (χ2n) is 6.93. The van der Waals surface area contributed by atoms with Gasteiger partial charge >= 0.3 is 0 Å². The van der Waals surface area contributed by atoms with Crippen LogP contribution in [-0.4, -0.2) is 10.2 Å². The van der Waals surface area contributed by atoms with E-state index < -0.39 is 0 Å². The van der Waals surface area contributed by atoms with Crippen LogP contribution in [0.4, 0.5) is 0 Å². The van der Waals surface area contributed by atoms with Gasteiger partial charge in [0, 0.05) is 5.41 Å². The Morgan fingerprint density at radius 1 is 0.913 bits per heavy atom. The molecular formula is C21H26O2. The van der Waals surface area contributed by atoms with E-state index in [1.165, 1.54) is 36.8 Å². The molecular weight excluding hydrogens is 284 g/mol. The molecule has 1 saturated carbocycles. The van der Waals surface area contributed by atoms with E-state index in [1.807, 2.05) is 0 Å². The summed E-state index contributed by atoms with van der Waals surface area (Å²) in [5.41, 5.74) is 2.56. The molecule has 3 rings (SSSR count). The quantitative estimate of drug-likeness (QED) is 0.796. The third-order valence-electron chi connectivity index (χ3n) is 5.39. The molecule has 1 aliphatic carbocycles. The monoisotopic (exact) mass is 310 g/mol. The van der Waals surface area contributed by atoms with Crippen molar-refractivity contribution in [2.75, 3.05) is 0 Å². The normalized spacial score (nSPS) is 20.3.